The van der Waals surface area contributed by atoms with Crippen LogP contribution in [-0.4, -0.2) is 27.9 Å². The van der Waals surface area contributed by atoms with Gasteiger partial charge in [0.2, 0.25) is 0 Å². The van der Waals surface area contributed by atoms with Gasteiger partial charge in [-0.05, 0) is 36.4 Å². The summed E-state index contributed by atoms with van der Waals surface area (Å²) in [6.07, 6.45) is 8.72. The number of carbonyl (C=O) groups excluding carboxylic acids is 2. The molecule has 3 rings (SSSR count). The van der Waals surface area contributed by atoms with E-state index in [4.69, 9.17) is 11.2 Å². The maximum absolute atomic E-state index is 12.6. The van der Waals surface area contributed by atoms with Gasteiger partial charge in [0.05, 0.1) is 17.8 Å². The highest BCUT2D eigenvalue weighted by molar-refractivity contribution is 6.09. The third kappa shape index (κ3) is 5.02. The van der Waals surface area contributed by atoms with Gasteiger partial charge in [-0.25, -0.2) is 4.98 Å². The largest absolute Gasteiger partial charge is 0.486 e. The SMILES string of the molecule is C#CCNC(=O)c1ccccc1NC(=O)c1ccc(OCc2nccn2C)cc1. The summed E-state index contributed by atoms with van der Waals surface area (Å²) in [5, 5.41) is 5.35. The molecule has 7 nitrogen and oxygen atoms in total. The number of amides is 2. The number of rotatable bonds is 7. The number of hydrogen-bond acceptors (Lipinski definition) is 4. The van der Waals surface area contributed by atoms with E-state index < -0.39 is 0 Å². The molecule has 0 fully saturated rings. The van der Waals surface area contributed by atoms with Crippen LogP contribution in [0.1, 0.15) is 26.5 Å². The molecule has 0 bridgehead atoms. The van der Waals surface area contributed by atoms with Gasteiger partial charge in [-0.15, -0.1) is 6.42 Å². The lowest BCUT2D eigenvalue weighted by Crippen LogP contribution is -2.25. The van der Waals surface area contributed by atoms with Crippen molar-refractivity contribution in [1.29, 1.82) is 0 Å². The summed E-state index contributed by atoms with van der Waals surface area (Å²) in [6, 6.07) is 13.5. The number of benzene rings is 2. The molecule has 0 aliphatic heterocycles. The minimum absolute atomic E-state index is 0.112. The van der Waals surface area contributed by atoms with Crippen LogP contribution in [0.25, 0.3) is 0 Å². The summed E-state index contributed by atoms with van der Waals surface area (Å²) >= 11 is 0. The molecule has 2 amide bonds. The minimum Gasteiger partial charge on any atom is -0.486 e. The Hall–Kier alpha value is -4.05. The molecule has 3 aromatic rings. The van der Waals surface area contributed by atoms with Gasteiger partial charge in [0.25, 0.3) is 11.8 Å². The molecule has 2 aromatic carbocycles. The second-order valence-corrected chi connectivity index (χ2v) is 6.15. The fraction of sp³-hybridized carbons (Fsp3) is 0.136. The molecule has 0 aliphatic rings. The molecule has 1 aromatic heterocycles. The normalized spacial score (nSPS) is 10.1. The van der Waals surface area contributed by atoms with E-state index in [0.717, 1.165) is 5.82 Å². The van der Waals surface area contributed by atoms with Crippen LogP contribution < -0.4 is 15.4 Å². The van der Waals surface area contributed by atoms with E-state index in [9.17, 15) is 9.59 Å². The predicted octanol–water partition coefficient (Wildman–Crippen LogP) is 2.61. The van der Waals surface area contributed by atoms with E-state index in [0.29, 0.717) is 29.2 Å². The minimum atomic E-state index is -0.350. The number of nitrogens with one attached hydrogen (secondary N) is 2. The summed E-state index contributed by atoms with van der Waals surface area (Å²) in [6.45, 7) is 0.441. The Balaban J connectivity index is 1.65. The number of nitrogens with zero attached hydrogens (tertiary/aromatic N) is 2. The second kappa shape index (κ2) is 9.24. The zero-order valence-electron chi connectivity index (χ0n) is 15.9. The molecule has 29 heavy (non-hydrogen) atoms. The molecule has 0 unspecified atom stereocenters. The number of anilines is 1. The fourth-order valence-electron chi connectivity index (χ4n) is 2.60. The molecule has 0 radical (unpaired) electrons. The smallest absolute Gasteiger partial charge is 0.255 e. The first-order valence-electron chi connectivity index (χ1n) is 8.89. The summed E-state index contributed by atoms with van der Waals surface area (Å²) in [5.41, 5.74) is 1.18. The van der Waals surface area contributed by atoms with Crippen molar-refractivity contribution < 1.29 is 14.3 Å². The Morgan fingerprint density at radius 1 is 1.14 bits per heavy atom. The van der Waals surface area contributed by atoms with Crippen molar-refractivity contribution in [2.75, 3.05) is 11.9 Å². The Labute approximate surface area is 168 Å². The van der Waals surface area contributed by atoms with Crippen molar-refractivity contribution in [3.05, 3.63) is 77.9 Å². The third-order valence-corrected chi connectivity index (χ3v) is 4.18. The standard InChI is InChI=1S/C22H20N4O3/c1-3-12-24-22(28)18-6-4-5-7-19(18)25-21(27)16-8-10-17(11-9-16)29-15-20-23-13-14-26(20)2/h1,4-11,13-14H,12,15H2,2H3,(H,24,28)(H,25,27). The van der Waals surface area contributed by atoms with Crippen LogP contribution in [0.3, 0.4) is 0 Å². The Morgan fingerprint density at radius 3 is 2.59 bits per heavy atom. The van der Waals surface area contributed by atoms with E-state index in [1.54, 1.807) is 54.7 Å². The van der Waals surface area contributed by atoms with Gasteiger partial charge in [-0.1, -0.05) is 18.1 Å². The van der Waals surface area contributed by atoms with E-state index >= 15 is 0 Å². The number of para-hydroxylation sites is 1. The maximum Gasteiger partial charge on any atom is 0.255 e. The van der Waals surface area contributed by atoms with Crippen molar-refractivity contribution in [1.82, 2.24) is 14.9 Å². The molecule has 2 N–H and O–H groups in total. The number of aromatic nitrogens is 2. The van der Waals surface area contributed by atoms with E-state index in [-0.39, 0.29) is 18.4 Å². The molecule has 0 saturated carbocycles. The molecule has 0 atom stereocenters. The lowest BCUT2D eigenvalue weighted by molar-refractivity contribution is 0.0959. The lowest BCUT2D eigenvalue weighted by Gasteiger charge is -2.11. The fourth-order valence-corrected chi connectivity index (χ4v) is 2.60. The van der Waals surface area contributed by atoms with Crippen LogP contribution in [0.2, 0.25) is 0 Å². The average molecular weight is 388 g/mol. The highest BCUT2D eigenvalue weighted by atomic mass is 16.5. The van der Waals surface area contributed by atoms with Crippen LogP contribution in [0, 0.1) is 12.3 Å². The highest BCUT2D eigenvalue weighted by Gasteiger charge is 2.13. The van der Waals surface area contributed by atoms with Gasteiger partial charge in [0.15, 0.2) is 0 Å². The maximum atomic E-state index is 12.6. The number of terminal acetylenes is 1. The van der Waals surface area contributed by atoms with E-state index in [1.807, 2.05) is 17.8 Å². The van der Waals surface area contributed by atoms with Gasteiger partial charge in [-0.2, -0.15) is 0 Å². The van der Waals surface area contributed by atoms with Gasteiger partial charge in [-0.3, -0.25) is 9.59 Å². The van der Waals surface area contributed by atoms with Crippen molar-refractivity contribution in [2.45, 2.75) is 6.61 Å². The zero-order valence-corrected chi connectivity index (χ0v) is 15.9. The lowest BCUT2D eigenvalue weighted by atomic mass is 10.1. The van der Waals surface area contributed by atoms with Gasteiger partial charge < -0.3 is 19.9 Å². The molecule has 146 valence electrons. The van der Waals surface area contributed by atoms with Crippen molar-refractivity contribution in [3.63, 3.8) is 0 Å². The molecule has 0 saturated heterocycles. The number of carbonyl (C=O) groups is 2. The molecule has 0 aliphatic carbocycles. The first-order valence-corrected chi connectivity index (χ1v) is 8.89. The van der Waals surface area contributed by atoms with E-state index in [1.165, 1.54) is 0 Å². The van der Waals surface area contributed by atoms with Gasteiger partial charge in [0, 0.05) is 25.0 Å². The molecular formula is C22H20N4O3. The van der Waals surface area contributed by atoms with Gasteiger partial charge in [0.1, 0.15) is 18.2 Å². The predicted molar refractivity (Wildman–Crippen MR) is 110 cm³/mol. The summed E-state index contributed by atoms with van der Waals surface area (Å²) < 4.78 is 7.56. The third-order valence-electron chi connectivity index (χ3n) is 4.18. The summed E-state index contributed by atoms with van der Waals surface area (Å²) in [5.74, 6) is 3.08. The first-order chi connectivity index (χ1) is 14.1. The zero-order chi connectivity index (χ0) is 20.6. The molecular weight excluding hydrogens is 368 g/mol. The van der Waals surface area contributed by atoms with Crippen LogP contribution >= 0.6 is 0 Å². The van der Waals surface area contributed by atoms with Crippen LogP contribution in [0.5, 0.6) is 5.75 Å². The van der Waals surface area contributed by atoms with Crippen molar-refractivity contribution in [3.8, 4) is 18.1 Å². The molecule has 1 heterocycles. The molecule has 0 spiro atoms. The first kappa shape index (κ1) is 19.7. The number of aryl methyl sites for hydroxylation is 1. The quantitative estimate of drug-likeness (QED) is 0.610. The average Bonchev–Trinajstić information content (AvgIpc) is 3.16. The van der Waals surface area contributed by atoms with Gasteiger partial charge >= 0.3 is 0 Å². The number of ether oxygens (including phenoxy) is 1. The molecule has 7 heteroatoms. The number of imidazole rings is 1. The van der Waals surface area contributed by atoms with E-state index in [2.05, 4.69) is 21.5 Å². The highest BCUT2D eigenvalue weighted by Crippen LogP contribution is 2.18. The van der Waals surface area contributed by atoms with Crippen molar-refractivity contribution >= 4 is 17.5 Å². The van der Waals surface area contributed by atoms with Crippen LogP contribution in [-0.2, 0) is 13.7 Å². The monoisotopic (exact) mass is 388 g/mol. The second-order valence-electron chi connectivity index (χ2n) is 6.15. The van der Waals surface area contributed by atoms with Crippen LogP contribution in [0.15, 0.2) is 60.9 Å². The Kier molecular flexibility index (Phi) is 6.28. The summed E-state index contributed by atoms with van der Waals surface area (Å²) in [4.78, 5) is 29.0. The topological polar surface area (TPSA) is 85.2 Å². The number of hydrogen-bond donors (Lipinski definition) is 2. The Morgan fingerprint density at radius 2 is 1.90 bits per heavy atom. The van der Waals surface area contributed by atoms with Crippen molar-refractivity contribution in [2.24, 2.45) is 7.05 Å². The van der Waals surface area contributed by atoms with Crippen LogP contribution in [0.4, 0.5) is 5.69 Å². The summed E-state index contributed by atoms with van der Waals surface area (Å²) in [7, 11) is 1.89. The Bertz CT molecular complexity index is 1050.